The fourth-order valence-electron chi connectivity index (χ4n) is 2.34. The summed E-state index contributed by atoms with van der Waals surface area (Å²) in [6, 6.07) is 14.4. The quantitative estimate of drug-likeness (QED) is 0.488. The van der Waals surface area contributed by atoms with Crippen LogP contribution in [0.3, 0.4) is 0 Å². The normalized spacial score (nSPS) is 10.4. The van der Waals surface area contributed by atoms with Crippen molar-refractivity contribution in [3.8, 4) is 11.5 Å². The van der Waals surface area contributed by atoms with Crippen LogP contribution in [0.2, 0.25) is 0 Å². The van der Waals surface area contributed by atoms with Gasteiger partial charge in [-0.25, -0.2) is 0 Å². The van der Waals surface area contributed by atoms with Crippen LogP contribution in [0, 0.1) is 0 Å². The highest BCUT2D eigenvalue weighted by Crippen LogP contribution is 2.19. The molecule has 0 bridgehead atoms. The first kappa shape index (κ1) is 21.7. The van der Waals surface area contributed by atoms with E-state index in [1.54, 1.807) is 18.2 Å². The van der Waals surface area contributed by atoms with Gasteiger partial charge in [-0.15, -0.1) is 0 Å². The van der Waals surface area contributed by atoms with E-state index >= 15 is 0 Å². The third kappa shape index (κ3) is 7.17. The Morgan fingerprint density at radius 2 is 1.79 bits per heavy atom. The Balaban J connectivity index is 1.89. The lowest BCUT2D eigenvalue weighted by molar-refractivity contribution is 0.0972. The van der Waals surface area contributed by atoms with Crippen LogP contribution in [0.1, 0.15) is 31.1 Å². The van der Waals surface area contributed by atoms with Crippen molar-refractivity contribution in [3.05, 3.63) is 54.1 Å². The van der Waals surface area contributed by atoms with Crippen molar-refractivity contribution in [1.82, 2.24) is 5.32 Å². The smallest absolute Gasteiger partial charge is 0.261 e. The van der Waals surface area contributed by atoms with Crippen molar-refractivity contribution >= 4 is 28.9 Å². The van der Waals surface area contributed by atoms with Crippen LogP contribution in [-0.2, 0) is 4.74 Å². The first-order valence-electron chi connectivity index (χ1n) is 9.18. The summed E-state index contributed by atoms with van der Waals surface area (Å²) in [6.07, 6.45) is -0.0340. The number of thiocarbonyl (C=S) groups is 1. The van der Waals surface area contributed by atoms with Gasteiger partial charge < -0.3 is 19.5 Å². The molecule has 2 rings (SSSR count). The first-order chi connectivity index (χ1) is 13.5. The molecule has 28 heavy (non-hydrogen) atoms. The number of benzene rings is 2. The fourth-order valence-corrected chi connectivity index (χ4v) is 2.55. The van der Waals surface area contributed by atoms with Crippen LogP contribution in [-0.4, -0.2) is 36.9 Å². The predicted octanol–water partition coefficient (Wildman–Crippen LogP) is 4.02. The number of carbonyl (C=O) groups excluding carboxylic acids is 1. The van der Waals surface area contributed by atoms with E-state index in [0.717, 1.165) is 11.4 Å². The minimum atomic E-state index is -0.329. The van der Waals surface area contributed by atoms with Crippen molar-refractivity contribution in [3.63, 3.8) is 0 Å². The van der Waals surface area contributed by atoms with Gasteiger partial charge in [-0.1, -0.05) is 12.1 Å². The molecule has 0 aliphatic rings. The summed E-state index contributed by atoms with van der Waals surface area (Å²) in [6.45, 7) is 7.47. The fraction of sp³-hybridized carbons (Fsp3) is 0.333. The van der Waals surface area contributed by atoms with Crippen molar-refractivity contribution < 1.29 is 19.0 Å². The molecule has 150 valence electrons. The van der Waals surface area contributed by atoms with Crippen LogP contribution >= 0.6 is 12.2 Å². The van der Waals surface area contributed by atoms with Crippen LogP contribution in [0.4, 0.5) is 5.69 Å². The lowest BCUT2D eigenvalue weighted by Crippen LogP contribution is -2.34. The summed E-state index contributed by atoms with van der Waals surface area (Å²) < 4.78 is 16.5. The number of anilines is 1. The van der Waals surface area contributed by atoms with Gasteiger partial charge in [0.25, 0.3) is 5.91 Å². The van der Waals surface area contributed by atoms with E-state index in [1.807, 2.05) is 51.1 Å². The largest absolute Gasteiger partial charge is 0.491 e. The molecule has 0 atom stereocenters. The average Bonchev–Trinajstić information content (AvgIpc) is 2.66. The Kier molecular flexibility index (Phi) is 8.71. The van der Waals surface area contributed by atoms with Crippen LogP contribution in [0.15, 0.2) is 48.5 Å². The SMILES string of the molecule is CCOCCOc1ccc(NC(=S)NC(=O)c2ccccc2OC(C)C)cc1. The number of para-hydroxylation sites is 1. The summed E-state index contributed by atoms with van der Waals surface area (Å²) in [7, 11) is 0. The molecule has 0 aromatic heterocycles. The van der Waals surface area contributed by atoms with Gasteiger partial charge in [0.15, 0.2) is 5.11 Å². The summed E-state index contributed by atoms with van der Waals surface area (Å²) in [4.78, 5) is 12.5. The van der Waals surface area contributed by atoms with Gasteiger partial charge in [0.05, 0.1) is 18.3 Å². The highest BCUT2D eigenvalue weighted by molar-refractivity contribution is 7.80. The Hall–Kier alpha value is -2.64. The van der Waals surface area contributed by atoms with Crippen LogP contribution in [0.5, 0.6) is 11.5 Å². The zero-order chi connectivity index (χ0) is 20.4. The second-order valence-electron chi connectivity index (χ2n) is 6.14. The second kappa shape index (κ2) is 11.3. The van der Waals surface area contributed by atoms with Crippen molar-refractivity contribution in [2.45, 2.75) is 26.9 Å². The molecule has 7 heteroatoms. The second-order valence-corrected chi connectivity index (χ2v) is 6.55. The number of rotatable bonds is 9. The van der Waals surface area contributed by atoms with E-state index in [9.17, 15) is 4.79 Å². The molecule has 0 saturated heterocycles. The molecular formula is C21H26N2O4S. The Morgan fingerprint density at radius 1 is 1.07 bits per heavy atom. The van der Waals surface area contributed by atoms with Crippen LogP contribution in [0.25, 0.3) is 0 Å². The van der Waals surface area contributed by atoms with Gasteiger partial charge in [-0.2, -0.15) is 0 Å². The topological polar surface area (TPSA) is 68.8 Å². The third-order valence-electron chi connectivity index (χ3n) is 3.53. The standard InChI is InChI=1S/C21H26N2O4S/c1-4-25-13-14-26-17-11-9-16(10-12-17)22-21(28)23-20(24)18-7-5-6-8-19(18)27-15(2)3/h5-12,15H,4,13-14H2,1-3H3,(H2,22,23,24,28). The number of nitrogens with one attached hydrogen (secondary N) is 2. The minimum Gasteiger partial charge on any atom is -0.491 e. The highest BCUT2D eigenvalue weighted by Gasteiger charge is 2.14. The van der Waals surface area contributed by atoms with Crippen molar-refractivity contribution in [2.24, 2.45) is 0 Å². The van der Waals surface area contributed by atoms with Crippen molar-refractivity contribution in [2.75, 3.05) is 25.1 Å². The van der Waals surface area contributed by atoms with Gasteiger partial charge in [-0.05, 0) is 69.4 Å². The minimum absolute atomic E-state index is 0.0340. The van der Waals surface area contributed by atoms with E-state index < -0.39 is 0 Å². The predicted molar refractivity (Wildman–Crippen MR) is 114 cm³/mol. The summed E-state index contributed by atoms with van der Waals surface area (Å²) in [5.74, 6) is 0.927. The zero-order valence-corrected chi connectivity index (χ0v) is 17.2. The molecule has 0 unspecified atom stereocenters. The lowest BCUT2D eigenvalue weighted by Gasteiger charge is -2.15. The third-order valence-corrected chi connectivity index (χ3v) is 3.74. The first-order valence-corrected chi connectivity index (χ1v) is 9.59. The molecule has 0 heterocycles. The number of hydrogen-bond acceptors (Lipinski definition) is 5. The molecule has 0 aliphatic heterocycles. The molecule has 0 fully saturated rings. The van der Waals surface area contributed by atoms with Gasteiger partial charge in [-0.3, -0.25) is 10.1 Å². The number of ether oxygens (including phenoxy) is 3. The Morgan fingerprint density at radius 3 is 2.46 bits per heavy atom. The maximum absolute atomic E-state index is 12.5. The molecule has 0 spiro atoms. The van der Waals surface area contributed by atoms with Gasteiger partial charge in [0.2, 0.25) is 0 Å². The lowest BCUT2D eigenvalue weighted by atomic mass is 10.2. The maximum Gasteiger partial charge on any atom is 0.261 e. The summed E-state index contributed by atoms with van der Waals surface area (Å²) >= 11 is 5.24. The summed E-state index contributed by atoms with van der Waals surface area (Å²) in [5.41, 5.74) is 1.17. The molecule has 0 saturated carbocycles. The van der Waals surface area contributed by atoms with Gasteiger partial charge >= 0.3 is 0 Å². The molecule has 2 N–H and O–H groups in total. The van der Waals surface area contributed by atoms with Gasteiger partial charge in [0.1, 0.15) is 18.1 Å². The summed E-state index contributed by atoms with van der Waals surface area (Å²) in [5, 5.41) is 5.86. The molecular weight excluding hydrogens is 376 g/mol. The number of hydrogen-bond donors (Lipinski definition) is 2. The van der Waals surface area contributed by atoms with E-state index in [0.29, 0.717) is 31.1 Å². The molecule has 0 aliphatic carbocycles. The molecule has 2 aromatic rings. The Bertz CT molecular complexity index is 778. The monoisotopic (exact) mass is 402 g/mol. The molecule has 2 aromatic carbocycles. The maximum atomic E-state index is 12.5. The average molecular weight is 403 g/mol. The van der Waals surface area contributed by atoms with E-state index in [-0.39, 0.29) is 17.1 Å². The van der Waals surface area contributed by atoms with E-state index in [2.05, 4.69) is 10.6 Å². The van der Waals surface area contributed by atoms with Crippen LogP contribution < -0.4 is 20.1 Å². The molecule has 1 amide bonds. The van der Waals surface area contributed by atoms with Gasteiger partial charge in [0, 0.05) is 12.3 Å². The van der Waals surface area contributed by atoms with Crippen molar-refractivity contribution in [1.29, 1.82) is 0 Å². The molecule has 0 radical (unpaired) electrons. The number of amides is 1. The Labute approximate surface area is 171 Å². The van der Waals surface area contributed by atoms with E-state index in [4.69, 9.17) is 26.4 Å². The molecule has 6 nitrogen and oxygen atoms in total. The number of carbonyl (C=O) groups is 1. The zero-order valence-electron chi connectivity index (χ0n) is 16.4. The highest BCUT2D eigenvalue weighted by atomic mass is 32.1. The van der Waals surface area contributed by atoms with E-state index in [1.165, 1.54) is 0 Å².